The summed E-state index contributed by atoms with van der Waals surface area (Å²) in [5.41, 5.74) is 0.377. The van der Waals surface area contributed by atoms with Crippen molar-refractivity contribution in [2.75, 3.05) is 6.61 Å². The van der Waals surface area contributed by atoms with Crippen molar-refractivity contribution < 1.29 is 19.1 Å². The predicted molar refractivity (Wildman–Crippen MR) is 73.2 cm³/mol. The van der Waals surface area contributed by atoms with Gasteiger partial charge in [0, 0.05) is 0 Å². The molecule has 1 aromatic carbocycles. The summed E-state index contributed by atoms with van der Waals surface area (Å²) >= 11 is 0. The number of Topliss-reactive ketones (excluding diaryl/α,β-unsaturated/α-hetero) is 2. The molecule has 0 radical (unpaired) electrons. The Morgan fingerprint density at radius 1 is 1.15 bits per heavy atom. The summed E-state index contributed by atoms with van der Waals surface area (Å²) in [4.78, 5) is 35.4. The van der Waals surface area contributed by atoms with Crippen molar-refractivity contribution in [2.24, 2.45) is 0 Å². The summed E-state index contributed by atoms with van der Waals surface area (Å²) in [6.45, 7) is 2.06. The van der Waals surface area contributed by atoms with E-state index < -0.39 is 17.2 Å². The number of hydrogen-bond donors (Lipinski definition) is 0. The lowest BCUT2D eigenvalue weighted by atomic mass is 9.89. The molecule has 0 saturated heterocycles. The van der Waals surface area contributed by atoms with Gasteiger partial charge < -0.3 is 4.74 Å². The quantitative estimate of drug-likeness (QED) is 0.434. The highest BCUT2D eigenvalue weighted by Crippen LogP contribution is 2.49. The summed E-state index contributed by atoms with van der Waals surface area (Å²) in [6.07, 6.45) is 1.78. The van der Waals surface area contributed by atoms with Crippen molar-refractivity contribution in [3.8, 4) is 0 Å². The van der Waals surface area contributed by atoms with Crippen LogP contribution in [0.4, 0.5) is 0 Å². The average Bonchev–Trinajstić information content (AvgIpc) is 3.27. The van der Waals surface area contributed by atoms with Crippen LogP contribution >= 0.6 is 0 Å². The maximum absolute atomic E-state index is 12.3. The molecule has 4 heteroatoms. The third kappa shape index (κ3) is 2.95. The predicted octanol–water partition coefficient (Wildman–Crippen LogP) is 2.20. The molecule has 20 heavy (non-hydrogen) atoms. The van der Waals surface area contributed by atoms with Crippen molar-refractivity contribution in [1.82, 2.24) is 0 Å². The van der Waals surface area contributed by atoms with Crippen LogP contribution in [0, 0.1) is 0 Å². The lowest BCUT2D eigenvalue weighted by molar-refractivity contribution is -0.154. The Balaban J connectivity index is 1.99. The second kappa shape index (κ2) is 5.99. The van der Waals surface area contributed by atoms with Crippen molar-refractivity contribution in [1.29, 1.82) is 0 Å². The first-order chi connectivity index (χ1) is 9.60. The third-order valence-corrected chi connectivity index (χ3v) is 3.60. The molecule has 0 bridgehead atoms. The molecule has 0 heterocycles. The van der Waals surface area contributed by atoms with Gasteiger partial charge in [-0.2, -0.15) is 0 Å². The molecule has 1 aromatic rings. The summed E-state index contributed by atoms with van der Waals surface area (Å²) in [6, 6.07) is 9.42. The zero-order chi connectivity index (χ0) is 14.6. The van der Waals surface area contributed by atoms with E-state index in [-0.39, 0.29) is 18.8 Å². The topological polar surface area (TPSA) is 60.4 Å². The molecule has 0 N–H and O–H groups in total. The standard InChI is InChI=1S/C16H18O4/c1-2-10-20-15(19)13(17)11-14(18)16(8-9-16)12-6-4-3-5-7-12/h3-7H,2,8-11H2,1H3. The molecule has 0 aliphatic heterocycles. The molecule has 0 spiro atoms. The monoisotopic (exact) mass is 274 g/mol. The lowest BCUT2D eigenvalue weighted by Gasteiger charge is -2.13. The summed E-state index contributed by atoms with van der Waals surface area (Å²) in [5, 5.41) is 0. The SMILES string of the molecule is CCCOC(=O)C(=O)CC(=O)C1(c2ccccc2)CC1. The Morgan fingerprint density at radius 2 is 1.80 bits per heavy atom. The molecule has 0 atom stereocenters. The molecule has 1 saturated carbocycles. The largest absolute Gasteiger partial charge is 0.460 e. The summed E-state index contributed by atoms with van der Waals surface area (Å²) < 4.78 is 4.75. The van der Waals surface area contributed by atoms with Crippen molar-refractivity contribution in [3.63, 3.8) is 0 Å². The fraction of sp³-hybridized carbons (Fsp3) is 0.438. The van der Waals surface area contributed by atoms with Crippen molar-refractivity contribution in [2.45, 2.75) is 38.0 Å². The zero-order valence-corrected chi connectivity index (χ0v) is 11.6. The first-order valence-electron chi connectivity index (χ1n) is 6.89. The Hall–Kier alpha value is -1.97. The summed E-state index contributed by atoms with van der Waals surface area (Å²) in [7, 11) is 0. The maximum Gasteiger partial charge on any atom is 0.375 e. The van der Waals surface area contributed by atoms with Gasteiger partial charge >= 0.3 is 5.97 Å². The molecule has 0 aromatic heterocycles. The number of ketones is 2. The van der Waals surface area contributed by atoms with Gasteiger partial charge in [0.05, 0.1) is 18.4 Å². The van der Waals surface area contributed by atoms with Crippen molar-refractivity contribution in [3.05, 3.63) is 35.9 Å². The van der Waals surface area contributed by atoms with Gasteiger partial charge in [0.15, 0.2) is 5.78 Å². The lowest BCUT2D eigenvalue weighted by Crippen LogP contribution is -2.27. The van der Waals surface area contributed by atoms with Crippen LogP contribution in [0.5, 0.6) is 0 Å². The number of esters is 1. The fourth-order valence-electron chi connectivity index (χ4n) is 2.27. The second-order valence-corrected chi connectivity index (χ2v) is 5.11. The van der Waals surface area contributed by atoms with E-state index in [2.05, 4.69) is 0 Å². The van der Waals surface area contributed by atoms with E-state index >= 15 is 0 Å². The van der Waals surface area contributed by atoms with Crippen molar-refractivity contribution >= 4 is 17.5 Å². The van der Waals surface area contributed by atoms with E-state index in [4.69, 9.17) is 4.74 Å². The minimum Gasteiger partial charge on any atom is -0.460 e. The number of hydrogen-bond acceptors (Lipinski definition) is 4. The van der Waals surface area contributed by atoms with Gasteiger partial charge in [-0.25, -0.2) is 4.79 Å². The highest BCUT2D eigenvalue weighted by atomic mass is 16.5. The number of ether oxygens (including phenoxy) is 1. The smallest absolute Gasteiger partial charge is 0.375 e. The number of benzene rings is 1. The molecule has 1 fully saturated rings. The van der Waals surface area contributed by atoms with Crippen LogP contribution in [0.2, 0.25) is 0 Å². The molecule has 2 rings (SSSR count). The van der Waals surface area contributed by atoms with Gasteiger partial charge in [-0.15, -0.1) is 0 Å². The molecule has 1 aliphatic rings. The van der Waals surface area contributed by atoms with Gasteiger partial charge in [0.25, 0.3) is 0 Å². The van der Waals surface area contributed by atoms with Crippen LogP contribution in [-0.2, 0) is 24.5 Å². The van der Waals surface area contributed by atoms with E-state index in [0.717, 1.165) is 18.4 Å². The Kier molecular flexibility index (Phi) is 4.32. The molecule has 4 nitrogen and oxygen atoms in total. The molecule has 0 amide bonds. The van der Waals surface area contributed by atoms with Crippen LogP contribution in [0.15, 0.2) is 30.3 Å². The highest BCUT2D eigenvalue weighted by molar-refractivity contribution is 6.37. The second-order valence-electron chi connectivity index (χ2n) is 5.11. The normalized spacial score (nSPS) is 15.4. The molecule has 0 unspecified atom stereocenters. The average molecular weight is 274 g/mol. The summed E-state index contributed by atoms with van der Waals surface area (Å²) in [5.74, 6) is -1.82. The van der Waals surface area contributed by atoms with Crippen LogP contribution in [0.3, 0.4) is 0 Å². The highest BCUT2D eigenvalue weighted by Gasteiger charge is 2.51. The van der Waals surface area contributed by atoms with Crippen LogP contribution < -0.4 is 0 Å². The minimum absolute atomic E-state index is 0.179. The number of carbonyl (C=O) groups is 3. The van der Waals surface area contributed by atoms with Gasteiger partial charge in [0.2, 0.25) is 5.78 Å². The number of rotatable bonds is 7. The first kappa shape index (κ1) is 14.4. The van der Waals surface area contributed by atoms with E-state index in [1.165, 1.54) is 0 Å². The molecular weight excluding hydrogens is 256 g/mol. The van der Waals surface area contributed by atoms with Gasteiger partial charge in [-0.3, -0.25) is 9.59 Å². The minimum atomic E-state index is -0.899. The van der Waals surface area contributed by atoms with Crippen LogP contribution in [0.1, 0.15) is 38.2 Å². The van der Waals surface area contributed by atoms with Gasteiger partial charge in [0.1, 0.15) is 0 Å². The Labute approximate surface area is 118 Å². The van der Waals surface area contributed by atoms with E-state index in [9.17, 15) is 14.4 Å². The van der Waals surface area contributed by atoms with Crippen LogP contribution in [0.25, 0.3) is 0 Å². The molecule has 1 aliphatic carbocycles. The van der Waals surface area contributed by atoms with E-state index in [0.29, 0.717) is 6.42 Å². The zero-order valence-electron chi connectivity index (χ0n) is 11.6. The fourth-order valence-corrected chi connectivity index (χ4v) is 2.27. The molecular formula is C16H18O4. The third-order valence-electron chi connectivity index (χ3n) is 3.60. The van der Waals surface area contributed by atoms with Crippen LogP contribution in [-0.4, -0.2) is 24.1 Å². The van der Waals surface area contributed by atoms with Gasteiger partial charge in [-0.1, -0.05) is 37.3 Å². The molecule has 106 valence electrons. The first-order valence-corrected chi connectivity index (χ1v) is 6.89. The Bertz CT molecular complexity index is 515. The van der Waals surface area contributed by atoms with E-state index in [1.54, 1.807) is 0 Å². The Morgan fingerprint density at radius 3 is 2.35 bits per heavy atom. The van der Waals surface area contributed by atoms with Gasteiger partial charge in [-0.05, 0) is 24.8 Å². The van der Waals surface area contributed by atoms with E-state index in [1.807, 2.05) is 37.3 Å². The maximum atomic E-state index is 12.3. The number of carbonyl (C=O) groups excluding carboxylic acids is 3.